The van der Waals surface area contributed by atoms with Gasteiger partial charge in [0.15, 0.2) is 0 Å². The molecule has 0 atom stereocenters. The van der Waals surface area contributed by atoms with E-state index in [0.717, 1.165) is 5.56 Å². The number of aryl methyl sites for hydroxylation is 2. The van der Waals surface area contributed by atoms with Gasteiger partial charge in [-0.1, -0.05) is 17.7 Å². The molecular formula is C15H15NO3. The van der Waals surface area contributed by atoms with Crippen molar-refractivity contribution in [1.82, 2.24) is 4.98 Å². The molecule has 0 spiro atoms. The monoisotopic (exact) mass is 257 g/mol. The van der Waals surface area contributed by atoms with Crippen molar-refractivity contribution < 1.29 is 14.6 Å². The van der Waals surface area contributed by atoms with Crippen molar-refractivity contribution in [3.05, 3.63) is 58.9 Å². The normalized spacial score (nSPS) is 10.2. The third-order valence-electron chi connectivity index (χ3n) is 2.77. The van der Waals surface area contributed by atoms with Gasteiger partial charge in [0.1, 0.15) is 12.4 Å². The molecule has 0 unspecified atom stereocenters. The number of aromatic nitrogens is 1. The van der Waals surface area contributed by atoms with Gasteiger partial charge in [-0.15, -0.1) is 0 Å². The molecule has 1 aromatic heterocycles. The first-order valence-corrected chi connectivity index (χ1v) is 5.94. The van der Waals surface area contributed by atoms with Gasteiger partial charge >= 0.3 is 5.97 Å². The maximum atomic E-state index is 11.8. The Kier molecular flexibility index (Phi) is 3.80. The Morgan fingerprint density at radius 2 is 1.95 bits per heavy atom. The summed E-state index contributed by atoms with van der Waals surface area (Å²) in [5.74, 6) is -0.288. The Balaban J connectivity index is 2.00. The highest BCUT2D eigenvalue weighted by molar-refractivity contribution is 5.89. The summed E-state index contributed by atoms with van der Waals surface area (Å²) in [5, 5.41) is 9.51. The van der Waals surface area contributed by atoms with E-state index in [2.05, 4.69) is 4.98 Å². The average molecular weight is 257 g/mol. The van der Waals surface area contributed by atoms with Crippen LogP contribution in [0.3, 0.4) is 0 Å². The summed E-state index contributed by atoms with van der Waals surface area (Å²) >= 11 is 0. The lowest BCUT2D eigenvalue weighted by atomic mass is 10.1. The van der Waals surface area contributed by atoms with E-state index < -0.39 is 0 Å². The van der Waals surface area contributed by atoms with Crippen molar-refractivity contribution in [3.8, 4) is 5.75 Å². The van der Waals surface area contributed by atoms with Crippen LogP contribution in [-0.2, 0) is 11.3 Å². The summed E-state index contributed by atoms with van der Waals surface area (Å²) in [6, 6.07) is 8.71. The number of benzene rings is 1. The maximum absolute atomic E-state index is 11.8. The van der Waals surface area contributed by atoms with Crippen LogP contribution in [0, 0.1) is 13.8 Å². The fraction of sp³-hybridized carbons (Fsp3) is 0.200. The van der Waals surface area contributed by atoms with E-state index in [-0.39, 0.29) is 18.3 Å². The van der Waals surface area contributed by atoms with E-state index in [9.17, 15) is 9.90 Å². The molecule has 0 aliphatic carbocycles. The number of hydrogen-bond donors (Lipinski definition) is 1. The van der Waals surface area contributed by atoms with Crippen molar-refractivity contribution in [2.24, 2.45) is 0 Å². The molecule has 0 bridgehead atoms. The second-order valence-electron chi connectivity index (χ2n) is 4.39. The molecule has 0 aliphatic rings. The number of aromatic hydroxyl groups is 1. The predicted molar refractivity (Wildman–Crippen MR) is 70.9 cm³/mol. The van der Waals surface area contributed by atoms with E-state index in [4.69, 9.17) is 4.74 Å². The largest absolute Gasteiger partial charge is 0.506 e. The molecule has 2 rings (SSSR count). The van der Waals surface area contributed by atoms with Crippen molar-refractivity contribution in [3.63, 3.8) is 0 Å². The molecule has 0 saturated carbocycles. The van der Waals surface area contributed by atoms with E-state index in [1.165, 1.54) is 0 Å². The zero-order valence-electron chi connectivity index (χ0n) is 10.9. The van der Waals surface area contributed by atoms with Gasteiger partial charge in [-0.3, -0.25) is 4.98 Å². The summed E-state index contributed by atoms with van der Waals surface area (Å²) in [6.45, 7) is 3.75. The van der Waals surface area contributed by atoms with Gasteiger partial charge in [-0.2, -0.15) is 0 Å². The second kappa shape index (κ2) is 5.52. The molecule has 0 saturated heterocycles. The lowest BCUT2D eigenvalue weighted by Gasteiger charge is -2.06. The predicted octanol–water partition coefficient (Wildman–Crippen LogP) is 2.76. The third kappa shape index (κ3) is 3.31. The fourth-order valence-electron chi connectivity index (χ4n) is 1.56. The minimum atomic E-state index is -0.389. The van der Waals surface area contributed by atoms with Gasteiger partial charge in [0.2, 0.25) is 0 Å². The number of esters is 1. The minimum absolute atomic E-state index is 0.0908. The van der Waals surface area contributed by atoms with Crippen molar-refractivity contribution in [1.29, 1.82) is 0 Å². The summed E-state index contributed by atoms with van der Waals surface area (Å²) in [6.07, 6.45) is 1.58. The second-order valence-corrected chi connectivity index (χ2v) is 4.39. The topological polar surface area (TPSA) is 59.4 Å². The molecule has 1 heterocycles. The number of nitrogens with zero attached hydrogens (tertiary/aromatic N) is 1. The van der Waals surface area contributed by atoms with Gasteiger partial charge in [0.05, 0.1) is 11.3 Å². The first-order valence-electron chi connectivity index (χ1n) is 5.94. The van der Waals surface area contributed by atoms with Crippen LogP contribution >= 0.6 is 0 Å². The molecule has 2 aromatic rings. The fourth-order valence-corrected chi connectivity index (χ4v) is 1.56. The number of hydrogen-bond acceptors (Lipinski definition) is 4. The Hall–Kier alpha value is -2.36. The Morgan fingerprint density at radius 1 is 1.26 bits per heavy atom. The van der Waals surface area contributed by atoms with Crippen LogP contribution in [0.2, 0.25) is 0 Å². The highest BCUT2D eigenvalue weighted by atomic mass is 16.5. The molecular weight excluding hydrogens is 242 g/mol. The molecule has 98 valence electrons. The molecule has 4 nitrogen and oxygen atoms in total. The minimum Gasteiger partial charge on any atom is -0.506 e. The van der Waals surface area contributed by atoms with Crippen molar-refractivity contribution in [2.75, 3.05) is 0 Å². The van der Waals surface area contributed by atoms with Crippen molar-refractivity contribution in [2.45, 2.75) is 20.5 Å². The van der Waals surface area contributed by atoms with Crippen LogP contribution in [0.4, 0.5) is 0 Å². The van der Waals surface area contributed by atoms with Crippen LogP contribution in [0.15, 0.2) is 36.5 Å². The average Bonchev–Trinajstić information content (AvgIpc) is 2.40. The molecule has 0 fully saturated rings. The van der Waals surface area contributed by atoms with Gasteiger partial charge in [0, 0.05) is 11.8 Å². The molecule has 19 heavy (non-hydrogen) atoms. The van der Waals surface area contributed by atoms with Crippen molar-refractivity contribution >= 4 is 5.97 Å². The Bertz CT molecular complexity index is 591. The summed E-state index contributed by atoms with van der Waals surface area (Å²) in [7, 11) is 0. The number of carbonyl (C=O) groups excluding carboxylic acids is 1. The summed E-state index contributed by atoms with van der Waals surface area (Å²) in [5.41, 5.74) is 2.80. The van der Waals surface area contributed by atoms with Crippen LogP contribution in [0.1, 0.15) is 27.2 Å². The highest BCUT2D eigenvalue weighted by Gasteiger charge is 2.07. The molecule has 1 aromatic carbocycles. The molecule has 1 N–H and O–H groups in total. The van der Waals surface area contributed by atoms with E-state index in [1.54, 1.807) is 31.3 Å². The van der Waals surface area contributed by atoms with Crippen LogP contribution in [-0.4, -0.2) is 16.1 Å². The first-order chi connectivity index (χ1) is 9.06. The van der Waals surface area contributed by atoms with Crippen LogP contribution < -0.4 is 0 Å². The van der Waals surface area contributed by atoms with E-state index >= 15 is 0 Å². The molecule has 4 heteroatoms. The van der Waals surface area contributed by atoms with Gasteiger partial charge in [-0.05, 0) is 32.0 Å². The Morgan fingerprint density at radius 3 is 2.58 bits per heavy atom. The first kappa shape index (κ1) is 13.1. The van der Waals surface area contributed by atoms with Crippen LogP contribution in [0.5, 0.6) is 5.75 Å². The zero-order chi connectivity index (χ0) is 13.8. The third-order valence-corrected chi connectivity index (χ3v) is 2.77. The number of pyridine rings is 1. The maximum Gasteiger partial charge on any atom is 0.338 e. The number of rotatable bonds is 3. The molecule has 0 radical (unpaired) electrons. The lowest BCUT2D eigenvalue weighted by Crippen LogP contribution is -2.05. The Labute approximate surface area is 111 Å². The molecule has 0 amide bonds. The zero-order valence-corrected chi connectivity index (χ0v) is 10.9. The standard InChI is InChI=1S/C15H15NO3/c1-10-3-5-13(6-4-10)15(18)19-9-12-7-14(17)11(2)16-8-12/h3-8,17H,9H2,1-2H3. The summed E-state index contributed by atoms with van der Waals surface area (Å²) in [4.78, 5) is 15.8. The summed E-state index contributed by atoms with van der Waals surface area (Å²) < 4.78 is 5.16. The van der Waals surface area contributed by atoms with E-state index in [0.29, 0.717) is 16.8 Å². The van der Waals surface area contributed by atoms with E-state index in [1.807, 2.05) is 19.1 Å². The number of carbonyl (C=O) groups is 1. The quantitative estimate of drug-likeness (QED) is 0.859. The SMILES string of the molecule is Cc1ccc(C(=O)OCc2cnc(C)c(O)c2)cc1. The van der Waals surface area contributed by atoms with Crippen LogP contribution in [0.25, 0.3) is 0 Å². The molecule has 0 aliphatic heterocycles. The smallest absolute Gasteiger partial charge is 0.338 e. The highest BCUT2D eigenvalue weighted by Crippen LogP contribution is 2.15. The van der Waals surface area contributed by atoms with Gasteiger partial charge < -0.3 is 9.84 Å². The van der Waals surface area contributed by atoms with Gasteiger partial charge in [0.25, 0.3) is 0 Å². The van der Waals surface area contributed by atoms with Gasteiger partial charge in [-0.25, -0.2) is 4.79 Å². The number of ether oxygens (including phenoxy) is 1. The lowest BCUT2D eigenvalue weighted by molar-refractivity contribution is 0.0472.